The summed E-state index contributed by atoms with van der Waals surface area (Å²) in [6.07, 6.45) is 10.6. The first-order valence-corrected chi connectivity index (χ1v) is 7.97. The molecule has 3 heteroatoms. The zero-order chi connectivity index (χ0) is 11.4. The van der Waals surface area contributed by atoms with E-state index in [1.807, 2.05) is 11.8 Å². The van der Waals surface area contributed by atoms with Crippen LogP contribution in [0.15, 0.2) is 0 Å². The highest BCUT2D eigenvalue weighted by molar-refractivity contribution is 7.99. The third-order valence-corrected chi connectivity index (χ3v) is 4.97. The molecule has 94 valence electrons. The van der Waals surface area contributed by atoms with E-state index in [1.54, 1.807) is 0 Å². The van der Waals surface area contributed by atoms with E-state index in [2.05, 4.69) is 18.5 Å². The topological polar surface area (TPSA) is 21.3 Å². The van der Waals surface area contributed by atoms with Crippen molar-refractivity contribution in [1.29, 1.82) is 0 Å². The summed E-state index contributed by atoms with van der Waals surface area (Å²) < 4.78 is 5.69. The van der Waals surface area contributed by atoms with Crippen molar-refractivity contribution in [3.8, 4) is 0 Å². The predicted molar refractivity (Wildman–Crippen MR) is 71.1 cm³/mol. The minimum Gasteiger partial charge on any atom is -0.378 e. The molecule has 2 nitrogen and oxygen atoms in total. The maximum atomic E-state index is 5.69. The van der Waals surface area contributed by atoms with Crippen LogP contribution < -0.4 is 5.32 Å². The van der Waals surface area contributed by atoms with E-state index < -0.39 is 0 Å². The van der Waals surface area contributed by atoms with Crippen LogP contribution in [0.1, 0.15) is 45.4 Å². The molecule has 1 aliphatic carbocycles. The molecular weight excluding hydrogens is 218 g/mol. The van der Waals surface area contributed by atoms with E-state index in [4.69, 9.17) is 4.74 Å². The largest absolute Gasteiger partial charge is 0.378 e. The van der Waals surface area contributed by atoms with Crippen molar-refractivity contribution in [1.82, 2.24) is 5.32 Å². The maximum absolute atomic E-state index is 5.69. The Kier molecular flexibility index (Phi) is 4.98. The first kappa shape index (κ1) is 12.7. The van der Waals surface area contributed by atoms with Crippen LogP contribution in [-0.2, 0) is 4.74 Å². The van der Waals surface area contributed by atoms with Crippen molar-refractivity contribution in [3.63, 3.8) is 0 Å². The molecular formula is C13H25NOS. The molecule has 0 bridgehead atoms. The summed E-state index contributed by atoms with van der Waals surface area (Å²) in [6, 6.07) is 1.38. The summed E-state index contributed by atoms with van der Waals surface area (Å²) in [5.74, 6) is 0. The van der Waals surface area contributed by atoms with Gasteiger partial charge in [-0.2, -0.15) is 11.8 Å². The van der Waals surface area contributed by atoms with Gasteiger partial charge in [-0.25, -0.2) is 0 Å². The number of thioether (sulfide) groups is 1. The molecule has 0 aromatic heterocycles. The molecule has 4 unspecified atom stereocenters. The lowest BCUT2D eigenvalue weighted by Gasteiger charge is -2.22. The quantitative estimate of drug-likeness (QED) is 0.802. The van der Waals surface area contributed by atoms with Crippen molar-refractivity contribution in [3.05, 3.63) is 0 Å². The lowest BCUT2D eigenvalue weighted by atomic mass is 10.1. The number of hydrogen-bond acceptors (Lipinski definition) is 3. The van der Waals surface area contributed by atoms with E-state index in [1.165, 1.54) is 38.5 Å². The fourth-order valence-corrected chi connectivity index (χ4v) is 3.80. The second kappa shape index (κ2) is 6.27. The predicted octanol–water partition coefficient (Wildman–Crippen LogP) is 2.82. The van der Waals surface area contributed by atoms with E-state index in [0.717, 1.165) is 17.9 Å². The van der Waals surface area contributed by atoms with E-state index in [9.17, 15) is 0 Å². The molecule has 2 rings (SSSR count). The van der Waals surface area contributed by atoms with Crippen LogP contribution in [0.25, 0.3) is 0 Å². The molecule has 0 radical (unpaired) electrons. The first-order chi connectivity index (χ1) is 7.78. The minimum atomic E-state index is 0.528. The number of ether oxygens (including phenoxy) is 1. The summed E-state index contributed by atoms with van der Waals surface area (Å²) >= 11 is 2.03. The normalized spacial score (nSPS) is 36.8. The molecule has 0 aromatic rings. The minimum absolute atomic E-state index is 0.528. The second-order valence-electron chi connectivity index (χ2n) is 5.31. The molecule has 1 saturated heterocycles. The third-order valence-electron chi connectivity index (χ3n) is 3.88. The Morgan fingerprint density at radius 2 is 2.25 bits per heavy atom. The average molecular weight is 243 g/mol. The standard InChI is InChI=1S/C13H25NOS/c1-10(8-12-4-3-7-15-12)14-11-5-6-13(9-11)16-2/h10-14H,3-9H2,1-2H3. The Bertz CT molecular complexity index is 206. The number of nitrogens with one attached hydrogen (secondary N) is 1. The van der Waals surface area contributed by atoms with Crippen LogP contribution >= 0.6 is 11.8 Å². The molecule has 4 atom stereocenters. The summed E-state index contributed by atoms with van der Waals surface area (Å²) in [5, 5.41) is 4.67. The van der Waals surface area contributed by atoms with E-state index in [0.29, 0.717) is 12.1 Å². The van der Waals surface area contributed by atoms with E-state index >= 15 is 0 Å². The van der Waals surface area contributed by atoms with Gasteiger partial charge in [-0.15, -0.1) is 0 Å². The second-order valence-corrected chi connectivity index (χ2v) is 6.44. The Morgan fingerprint density at radius 3 is 2.88 bits per heavy atom. The van der Waals surface area contributed by atoms with Crippen LogP contribution in [0.5, 0.6) is 0 Å². The highest BCUT2D eigenvalue weighted by atomic mass is 32.2. The fraction of sp³-hybridized carbons (Fsp3) is 1.00. The van der Waals surface area contributed by atoms with Gasteiger partial charge in [0.25, 0.3) is 0 Å². The Labute approximate surface area is 104 Å². The molecule has 2 fully saturated rings. The Balaban J connectivity index is 1.64. The van der Waals surface area contributed by atoms with Crippen LogP contribution in [0.2, 0.25) is 0 Å². The first-order valence-electron chi connectivity index (χ1n) is 6.68. The summed E-state index contributed by atoms with van der Waals surface area (Å²) in [4.78, 5) is 0. The van der Waals surface area contributed by atoms with Crippen LogP contribution in [-0.4, -0.2) is 36.3 Å². The SMILES string of the molecule is CSC1CCC(NC(C)CC2CCCO2)C1. The van der Waals surface area contributed by atoms with Gasteiger partial charge >= 0.3 is 0 Å². The summed E-state index contributed by atoms with van der Waals surface area (Å²) in [5.41, 5.74) is 0. The molecule has 1 aliphatic heterocycles. The molecule has 1 N–H and O–H groups in total. The van der Waals surface area contributed by atoms with Gasteiger partial charge in [0.2, 0.25) is 0 Å². The Morgan fingerprint density at radius 1 is 1.38 bits per heavy atom. The molecule has 16 heavy (non-hydrogen) atoms. The summed E-state index contributed by atoms with van der Waals surface area (Å²) in [6.45, 7) is 3.30. The third kappa shape index (κ3) is 3.64. The van der Waals surface area contributed by atoms with Crippen molar-refractivity contribution < 1.29 is 4.74 Å². The molecule has 0 amide bonds. The zero-order valence-electron chi connectivity index (χ0n) is 10.6. The molecule has 1 saturated carbocycles. The smallest absolute Gasteiger partial charge is 0.0590 e. The van der Waals surface area contributed by atoms with Gasteiger partial charge in [-0.1, -0.05) is 0 Å². The van der Waals surface area contributed by atoms with Crippen molar-refractivity contribution in [2.75, 3.05) is 12.9 Å². The van der Waals surface area contributed by atoms with Crippen LogP contribution in [0.4, 0.5) is 0 Å². The molecule has 0 spiro atoms. The summed E-state index contributed by atoms with van der Waals surface area (Å²) in [7, 11) is 0. The highest BCUT2D eigenvalue weighted by Gasteiger charge is 2.26. The van der Waals surface area contributed by atoms with Crippen molar-refractivity contribution in [2.24, 2.45) is 0 Å². The lowest BCUT2D eigenvalue weighted by Crippen LogP contribution is -2.37. The molecule has 2 aliphatic rings. The molecule has 0 aromatic carbocycles. The maximum Gasteiger partial charge on any atom is 0.0590 e. The lowest BCUT2D eigenvalue weighted by molar-refractivity contribution is 0.0951. The fourth-order valence-electron chi connectivity index (χ4n) is 3.00. The molecule has 1 heterocycles. The van der Waals surface area contributed by atoms with Gasteiger partial charge in [0.15, 0.2) is 0 Å². The van der Waals surface area contributed by atoms with Crippen molar-refractivity contribution >= 4 is 11.8 Å². The van der Waals surface area contributed by atoms with Gasteiger partial charge in [-0.05, 0) is 51.7 Å². The van der Waals surface area contributed by atoms with Gasteiger partial charge in [0, 0.05) is 23.9 Å². The monoisotopic (exact) mass is 243 g/mol. The van der Waals surface area contributed by atoms with Crippen LogP contribution in [0, 0.1) is 0 Å². The average Bonchev–Trinajstić information content (AvgIpc) is 2.89. The van der Waals surface area contributed by atoms with Crippen LogP contribution in [0.3, 0.4) is 0 Å². The van der Waals surface area contributed by atoms with Crippen molar-refractivity contribution in [2.45, 2.75) is 68.9 Å². The van der Waals surface area contributed by atoms with Gasteiger partial charge in [0.1, 0.15) is 0 Å². The van der Waals surface area contributed by atoms with Gasteiger partial charge in [-0.3, -0.25) is 0 Å². The van der Waals surface area contributed by atoms with E-state index in [-0.39, 0.29) is 0 Å². The zero-order valence-corrected chi connectivity index (χ0v) is 11.4. The van der Waals surface area contributed by atoms with Gasteiger partial charge in [0.05, 0.1) is 6.10 Å². The highest BCUT2D eigenvalue weighted by Crippen LogP contribution is 2.28. The number of hydrogen-bond donors (Lipinski definition) is 1. The van der Waals surface area contributed by atoms with Gasteiger partial charge < -0.3 is 10.1 Å². The Hall–Kier alpha value is 0.270. The number of rotatable bonds is 5.